The second-order valence-electron chi connectivity index (χ2n) is 4.79. The highest BCUT2D eigenvalue weighted by Crippen LogP contribution is 2.23. The normalized spacial score (nSPS) is 12.7. The largest absolute Gasteiger partial charge is 0.271 e. The van der Waals surface area contributed by atoms with Gasteiger partial charge < -0.3 is 0 Å². The first kappa shape index (κ1) is 13.6. The third-order valence-corrected chi connectivity index (χ3v) is 3.37. The van der Waals surface area contributed by atoms with Gasteiger partial charge in [0.25, 0.3) is 0 Å². The number of hydrogen-bond donors (Lipinski definition) is 2. The minimum absolute atomic E-state index is 0.182. The van der Waals surface area contributed by atoms with Crippen molar-refractivity contribution in [3.8, 4) is 0 Å². The lowest BCUT2D eigenvalue weighted by molar-refractivity contribution is 0.512. The van der Waals surface area contributed by atoms with Gasteiger partial charge in [-0.05, 0) is 24.1 Å². The molecule has 1 atom stereocenters. The number of rotatable bonds is 5. The summed E-state index contributed by atoms with van der Waals surface area (Å²) in [5.74, 6) is 5.75. The molecule has 108 valence electrons. The van der Waals surface area contributed by atoms with Crippen LogP contribution in [0.3, 0.4) is 0 Å². The van der Waals surface area contributed by atoms with Crippen LogP contribution >= 0.6 is 0 Å². The number of aryl methyl sites for hydroxylation is 1. The SMILES string of the molecule is CCCn1nncc1C(NN)c1ccc2nccnc2c1. The molecular formula is C14H17N7. The van der Waals surface area contributed by atoms with Gasteiger partial charge in [0.2, 0.25) is 0 Å². The molecule has 3 rings (SSSR count). The van der Waals surface area contributed by atoms with Gasteiger partial charge in [0, 0.05) is 18.9 Å². The number of aromatic nitrogens is 5. The maximum atomic E-state index is 5.75. The molecule has 0 amide bonds. The summed E-state index contributed by atoms with van der Waals surface area (Å²) in [5, 5.41) is 8.09. The predicted molar refractivity (Wildman–Crippen MR) is 79.0 cm³/mol. The Kier molecular flexibility index (Phi) is 3.85. The third-order valence-electron chi connectivity index (χ3n) is 3.37. The zero-order valence-electron chi connectivity index (χ0n) is 11.8. The molecule has 0 spiro atoms. The highest BCUT2D eigenvalue weighted by molar-refractivity contribution is 5.74. The minimum Gasteiger partial charge on any atom is -0.271 e. The molecule has 1 unspecified atom stereocenters. The van der Waals surface area contributed by atoms with E-state index in [1.54, 1.807) is 18.6 Å². The second-order valence-corrected chi connectivity index (χ2v) is 4.79. The Bertz CT molecular complexity index is 737. The van der Waals surface area contributed by atoms with E-state index < -0.39 is 0 Å². The average molecular weight is 283 g/mol. The molecule has 0 aliphatic rings. The van der Waals surface area contributed by atoms with Crippen molar-refractivity contribution in [2.75, 3.05) is 0 Å². The highest BCUT2D eigenvalue weighted by Gasteiger charge is 2.18. The summed E-state index contributed by atoms with van der Waals surface area (Å²) in [4.78, 5) is 8.60. The first-order chi connectivity index (χ1) is 10.3. The Balaban J connectivity index is 2.03. The first-order valence-corrected chi connectivity index (χ1v) is 6.88. The molecule has 3 N–H and O–H groups in total. The Hall–Kier alpha value is -2.38. The van der Waals surface area contributed by atoms with Gasteiger partial charge in [-0.25, -0.2) is 10.1 Å². The van der Waals surface area contributed by atoms with E-state index in [0.29, 0.717) is 0 Å². The summed E-state index contributed by atoms with van der Waals surface area (Å²) < 4.78 is 1.87. The summed E-state index contributed by atoms with van der Waals surface area (Å²) >= 11 is 0. The highest BCUT2D eigenvalue weighted by atomic mass is 15.4. The van der Waals surface area contributed by atoms with Gasteiger partial charge in [0.1, 0.15) is 0 Å². The molecule has 0 radical (unpaired) electrons. The van der Waals surface area contributed by atoms with Gasteiger partial charge in [0.05, 0.1) is 29.0 Å². The molecule has 0 aliphatic heterocycles. The van der Waals surface area contributed by atoms with Crippen molar-refractivity contribution in [2.45, 2.75) is 25.9 Å². The van der Waals surface area contributed by atoms with Crippen molar-refractivity contribution < 1.29 is 0 Å². The summed E-state index contributed by atoms with van der Waals surface area (Å²) in [5.41, 5.74) is 6.47. The number of nitrogens with two attached hydrogens (primary N) is 1. The van der Waals surface area contributed by atoms with E-state index in [4.69, 9.17) is 5.84 Å². The monoisotopic (exact) mass is 283 g/mol. The van der Waals surface area contributed by atoms with Crippen LogP contribution < -0.4 is 11.3 Å². The van der Waals surface area contributed by atoms with E-state index in [2.05, 4.69) is 32.6 Å². The van der Waals surface area contributed by atoms with Crippen molar-refractivity contribution in [2.24, 2.45) is 5.84 Å². The lowest BCUT2D eigenvalue weighted by Gasteiger charge is -2.17. The van der Waals surface area contributed by atoms with Crippen LogP contribution in [0.2, 0.25) is 0 Å². The molecule has 2 aromatic heterocycles. The molecular weight excluding hydrogens is 266 g/mol. The molecule has 7 nitrogen and oxygen atoms in total. The van der Waals surface area contributed by atoms with Crippen LogP contribution in [-0.2, 0) is 6.54 Å². The molecule has 0 aliphatic carbocycles. The van der Waals surface area contributed by atoms with Crippen LogP contribution in [0.1, 0.15) is 30.6 Å². The molecule has 0 saturated heterocycles. The summed E-state index contributed by atoms with van der Waals surface area (Å²) in [7, 11) is 0. The van der Waals surface area contributed by atoms with Gasteiger partial charge in [-0.15, -0.1) is 5.10 Å². The van der Waals surface area contributed by atoms with Crippen LogP contribution in [0.25, 0.3) is 11.0 Å². The van der Waals surface area contributed by atoms with E-state index >= 15 is 0 Å². The van der Waals surface area contributed by atoms with Gasteiger partial charge >= 0.3 is 0 Å². The summed E-state index contributed by atoms with van der Waals surface area (Å²) in [6.07, 6.45) is 6.08. The molecule has 7 heteroatoms. The van der Waals surface area contributed by atoms with Crippen molar-refractivity contribution >= 4 is 11.0 Å². The van der Waals surface area contributed by atoms with Crippen LogP contribution in [0.15, 0.2) is 36.8 Å². The molecule has 3 aromatic rings. The van der Waals surface area contributed by atoms with Crippen molar-refractivity contribution in [1.29, 1.82) is 0 Å². The fraction of sp³-hybridized carbons (Fsp3) is 0.286. The van der Waals surface area contributed by atoms with Gasteiger partial charge in [-0.2, -0.15) is 0 Å². The Labute approximate surface area is 122 Å². The standard InChI is InChI=1S/C14H17N7/c1-2-7-21-13(9-18-20-21)14(19-15)10-3-4-11-12(8-10)17-6-5-16-11/h3-6,8-9,14,19H,2,7,15H2,1H3. The van der Waals surface area contributed by atoms with E-state index in [1.165, 1.54) is 0 Å². The zero-order chi connectivity index (χ0) is 14.7. The molecule has 1 aromatic carbocycles. The fourth-order valence-corrected chi connectivity index (χ4v) is 2.39. The lowest BCUT2D eigenvalue weighted by atomic mass is 10.0. The quantitative estimate of drug-likeness (QED) is 0.539. The van der Waals surface area contributed by atoms with Crippen molar-refractivity contribution in [3.63, 3.8) is 0 Å². The van der Waals surface area contributed by atoms with Gasteiger partial charge in [0.15, 0.2) is 0 Å². The molecule has 0 bridgehead atoms. The molecule has 0 fully saturated rings. The molecule has 21 heavy (non-hydrogen) atoms. The second kappa shape index (κ2) is 5.94. The maximum absolute atomic E-state index is 5.75. The lowest BCUT2D eigenvalue weighted by Crippen LogP contribution is -2.30. The predicted octanol–water partition coefficient (Wildman–Crippen LogP) is 1.18. The number of nitrogens with one attached hydrogen (secondary N) is 1. The van der Waals surface area contributed by atoms with E-state index in [0.717, 1.165) is 35.3 Å². The van der Waals surface area contributed by atoms with Crippen LogP contribution in [0, 0.1) is 0 Å². The Morgan fingerprint density at radius 3 is 2.81 bits per heavy atom. The number of benzene rings is 1. The van der Waals surface area contributed by atoms with Gasteiger partial charge in [-0.3, -0.25) is 15.8 Å². The van der Waals surface area contributed by atoms with Crippen molar-refractivity contribution in [3.05, 3.63) is 48.0 Å². The molecule has 2 heterocycles. The summed E-state index contributed by atoms with van der Waals surface area (Å²) in [6, 6.07) is 5.73. The van der Waals surface area contributed by atoms with Crippen LogP contribution in [0.4, 0.5) is 0 Å². The Morgan fingerprint density at radius 1 is 1.24 bits per heavy atom. The van der Waals surface area contributed by atoms with E-state index in [-0.39, 0.29) is 6.04 Å². The van der Waals surface area contributed by atoms with Crippen molar-refractivity contribution in [1.82, 2.24) is 30.4 Å². The average Bonchev–Trinajstić information content (AvgIpc) is 2.97. The minimum atomic E-state index is -0.182. The van der Waals surface area contributed by atoms with E-state index in [1.807, 2.05) is 22.9 Å². The van der Waals surface area contributed by atoms with E-state index in [9.17, 15) is 0 Å². The van der Waals surface area contributed by atoms with Gasteiger partial charge in [-0.1, -0.05) is 18.2 Å². The zero-order valence-corrected chi connectivity index (χ0v) is 11.8. The van der Waals surface area contributed by atoms with Crippen LogP contribution in [0.5, 0.6) is 0 Å². The summed E-state index contributed by atoms with van der Waals surface area (Å²) in [6.45, 7) is 2.91. The molecule has 0 saturated carbocycles. The topological polar surface area (TPSA) is 94.5 Å². The Morgan fingerprint density at radius 2 is 2.05 bits per heavy atom. The third kappa shape index (κ3) is 2.61. The number of hydrazine groups is 1. The maximum Gasteiger partial charge on any atom is 0.0895 e. The number of fused-ring (bicyclic) bond motifs is 1. The first-order valence-electron chi connectivity index (χ1n) is 6.88. The number of nitrogens with zero attached hydrogens (tertiary/aromatic N) is 5. The van der Waals surface area contributed by atoms with Crippen LogP contribution in [-0.4, -0.2) is 25.0 Å². The smallest absolute Gasteiger partial charge is 0.0895 e. The fourth-order valence-electron chi connectivity index (χ4n) is 2.39. The number of hydrogen-bond acceptors (Lipinski definition) is 6.